The van der Waals surface area contributed by atoms with E-state index in [2.05, 4.69) is 17.0 Å². The Morgan fingerprint density at radius 3 is 2.72 bits per heavy atom. The molecule has 0 fully saturated rings. The molecule has 4 nitrogen and oxygen atoms in total. The summed E-state index contributed by atoms with van der Waals surface area (Å²) >= 11 is 0. The maximum atomic E-state index is 12.9. The first-order chi connectivity index (χ1) is 8.61. The van der Waals surface area contributed by atoms with Crippen LogP contribution in [0.5, 0.6) is 0 Å². The number of hydrogen-bond acceptors (Lipinski definition) is 2. The van der Waals surface area contributed by atoms with Crippen molar-refractivity contribution in [1.29, 1.82) is 0 Å². The van der Waals surface area contributed by atoms with Gasteiger partial charge < -0.3 is 5.32 Å². The van der Waals surface area contributed by atoms with Gasteiger partial charge in [-0.05, 0) is 30.3 Å². The van der Waals surface area contributed by atoms with E-state index < -0.39 is 0 Å². The van der Waals surface area contributed by atoms with Crippen LogP contribution in [0.25, 0.3) is 11.3 Å². The number of nitrogens with one attached hydrogen (secondary N) is 1. The Labute approximate surface area is 104 Å². The first-order valence-electron chi connectivity index (χ1n) is 5.33. The topological polar surface area (TPSA) is 46.9 Å². The van der Waals surface area contributed by atoms with Crippen LogP contribution in [0, 0.1) is 5.82 Å². The minimum Gasteiger partial charge on any atom is -0.319 e. The van der Waals surface area contributed by atoms with Crippen molar-refractivity contribution in [2.75, 3.05) is 5.32 Å². The molecule has 0 saturated carbocycles. The van der Waals surface area contributed by atoms with Crippen molar-refractivity contribution in [3.63, 3.8) is 0 Å². The van der Waals surface area contributed by atoms with Crippen molar-refractivity contribution in [2.45, 2.75) is 0 Å². The Kier molecular flexibility index (Phi) is 3.23. The maximum absolute atomic E-state index is 12.9. The van der Waals surface area contributed by atoms with Crippen molar-refractivity contribution in [2.24, 2.45) is 7.05 Å². The number of halogens is 1. The van der Waals surface area contributed by atoms with Gasteiger partial charge in [-0.15, -0.1) is 0 Å². The molecule has 0 radical (unpaired) electrons. The summed E-state index contributed by atoms with van der Waals surface area (Å²) in [6, 6.07) is 5.99. The largest absolute Gasteiger partial charge is 0.319 e. The molecular formula is C13H12FN3O. The standard InChI is InChI=1S/C13H12FN3O/c1-3-12(18)16-11-8-15-17(2)13(11)9-4-6-10(14)7-5-9/h3-8H,1H2,2H3,(H,16,18). The molecule has 1 aromatic heterocycles. The lowest BCUT2D eigenvalue weighted by Gasteiger charge is -2.06. The van der Waals surface area contributed by atoms with E-state index in [9.17, 15) is 9.18 Å². The Morgan fingerprint density at radius 1 is 1.44 bits per heavy atom. The maximum Gasteiger partial charge on any atom is 0.247 e. The number of carbonyl (C=O) groups excluding carboxylic acids is 1. The molecule has 2 rings (SSSR count). The Bertz CT molecular complexity index is 587. The number of aryl methyl sites for hydroxylation is 1. The first kappa shape index (κ1) is 12.0. The molecule has 0 unspecified atom stereocenters. The zero-order valence-corrected chi connectivity index (χ0v) is 9.85. The predicted octanol–water partition coefficient (Wildman–Crippen LogP) is 2.35. The second kappa shape index (κ2) is 4.83. The fourth-order valence-corrected chi connectivity index (χ4v) is 1.66. The van der Waals surface area contributed by atoms with E-state index in [1.165, 1.54) is 18.2 Å². The van der Waals surface area contributed by atoms with Crippen molar-refractivity contribution in [1.82, 2.24) is 9.78 Å². The summed E-state index contributed by atoms with van der Waals surface area (Å²) in [5, 5.41) is 6.74. The summed E-state index contributed by atoms with van der Waals surface area (Å²) in [6.45, 7) is 3.39. The highest BCUT2D eigenvalue weighted by Gasteiger charge is 2.12. The molecule has 0 aliphatic heterocycles. The first-order valence-corrected chi connectivity index (χ1v) is 5.33. The summed E-state index contributed by atoms with van der Waals surface area (Å²) in [4.78, 5) is 11.3. The summed E-state index contributed by atoms with van der Waals surface area (Å²) in [5.41, 5.74) is 2.05. The van der Waals surface area contributed by atoms with Crippen LogP contribution in [-0.4, -0.2) is 15.7 Å². The molecular weight excluding hydrogens is 233 g/mol. The van der Waals surface area contributed by atoms with Crippen LogP contribution in [0.2, 0.25) is 0 Å². The Morgan fingerprint density at radius 2 is 2.11 bits per heavy atom. The predicted molar refractivity (Wildman–Crippen MR) is 67.4 cm³/mol. The molecule has 0 aliphatic carbocycles. The van der Waals surface area contributed by atoms with Crippen LogP contribution in [-0.2, 0) is 11.8 Å². The third-order valence-electron chi connectivity index (χ3n) is 2.50. The fourth-order valence-electron chi connectivity index (χ4n) is 1.66. The van der Waals surface area contributed by atoms with Crippen LogP contribution in [0.3, 0.4) is 0 Å². The van der Waals surface area contributed by atoms with E-state index >= 15 is 0 Å². The molecule has 0 saturated heterocycles. The lowest BCUT2D eigenvalue weighted by atomic mass is 10.1. The van der Waals surface area contributed by atoms with Crippen LogP contribution >= 0.6 is 0 Å². The smallest absolute Gasteiger partial charge is 0.247 e. The molecule has 5 heteroatoms. The third kappa shape index (κ3) is 2.29. The SMILES string of the molecule is C=CC(=O)Nc1cnn(C)c1-c1ccc(F)cc1. The number of carbonyl (C=O) groups is 1. The van der Waals surface area contributed by atoms with Crippen molar-refractivity contribution in [3.05, 3.63) is 48.9 Å². The van der Waals surface area contributed by atoms with Crippen LogP contribution in [0.4, 0.5) is 10.1 Å². The van der Waals surface area contributed by atoms with Gasteiger partial charge in [0.2, 0.25) is 5.91 Å². The van der Waals surface area contributed by atoms with E-state index in [4.69, 9.17) is 0 Å². The highest BCUT2D eigenvalue weighted by atomic mass is 19.1. The van der Waals surface area contributed by atoms with Gasteiger partial charge in [0.1, 0.15) is 5.82 Å². The van der Waals surface area contributed by atoms with Crippen molar-refractivity contribution >= 4 is 11.6 Å². The van der Waals surface area contributed by atoms with Crippen LogP contribution in [0.15, 0.2) is 43.1 Å². The number of nitrogens with zero attached hydrogens (tertiary/aromatic N) is 2. The van der Waals surface area contributed by atoms with Crippen molar-refractivity contribution < 1.29 is 9.18 Å². The summed E-state index contributed by atoms with van der Waals surface area (Å²) in [5.74, 6) is -0.621. The van der Waals surface area contributed by atoms with Gasteiger partial charge in [-0.1, -0.05) is 6.58 Å². The van der Waals surface area contributed by atoms with Gasteiger partial charge in [0.15, 0.2) is 0 Å². The highest BCUT2D eigenvalue weighted by Crippen LogP contribution is 2.27. The monoisotopic (exact) mass is 245 g/mol. The average Bonchev–Trinajstić information content (AvgIpc) is 2.72. The fraction of sp³-hybridized carbons (Fsp3) is 0.0769. The summed E-state index contributed by atoms with van der Waals surface area (Å²) in [7, 11) is 1.75. The minimum atomic E-state index is -0.314. The molecule has 1 heterocycles. The molecule has 0 bridgehead atoms. The number of aromatic nitrogens is 2. The number of rotatable bonds is 3. The Hall–Kier alpha value is -2.43. The van der Waals surface area contributed by atoms with Gasteiger partial charge in [-0.2, -0.15) is 5.10 Å². The average molecular weight is 245 g/mol. The van der Waals surface area contributed by atoms with Gasteiger partial charge >= 0.3 is 0 Å². The van der Waals surface area contributed by atoms with E-state index in [0.29, 0.717) is 11.4 Å². The van der Waals surface area contributed by atoms with E-state index in [0.717, 1.165) is 5.56 Å². The number of hydrogen-bond donors (Lipinski definition) is 1. The second-order valence-electron chi connectivity index (χ2n) is 3.73. The van der Waals surface area contributed by atoms with Crippen LogP contribution in [0.1, 0.15) is 0 Å². The van der Waals surface area contributed by atoms with Crippen LogP contribution < -0.4 is 5.32 Å². The quantitative estimate of drug-likeness (QED) is 0.844. The van der Waals surface area contributed by atoms with Crippen molar-refractivity contribution in [3.8, 4) is 11.3 Å². The lowest BCUT2D eigenvalue weighted by Crippen LogP contribution is -2.08. The van der Waals surface area contributed by atoms with E-state index in [-0.39, 0.29) is 11.7 Å². The van der Waals surface area contributed by atoms with Gasteiger partial charge in [0, 0.05) is 12.6 Å². The molecule has 1 N–H and O–H groups in total. The molecule has 18 heavy (non-hydrogen) atoms. The molecule has 92 valence electrons. The number of anilines is 1. The van der Waals surface area contributed by atoms with Gasteiger partial charge in [-0.3, -0.25) is 9.48 Å². The summed E-state index contributed by atoms with van der Waals surface area (Å²) in [6.07, 6.45) is 2.72. The lowest BCUT2D eigenvalue weighted by molar-refractivity contribution is -0.111. The van der Waals surface area contributed by atoms with E-state index in [1.807, 2.05) is 0 Å². The third-order valence-corrected chi connectivity index (χ3v) is 2.50. The van der Waals surface area contributed by atoms with E-state index in [1.54, 1.807) is 30.1 Å². The van der Waals surface area contributed by atoms with Gasteiger partial charge in [0.05, 0.1) is 17.6 Å². The zero-order chi connectivity index (χ0) is 13.1. The zero-order valence-electron chi connectivity index (χ0n) is 9.85. The molecule has 1 aromatic carbocycles. The minimum absolute atomic E-state index is 0.308. The molecule has 2 aromatic rings. The molecule has 0 atom stereocenters. The highest BCUT2D eigenvalue weighted by molar-refractivity contribution is 6.01. The number of amides is 1. The normalized spacial score (nSPS) is 10.1. The molecule has 0 spiro atoms. The van der Waals surface area contributed by atoms with Gasteiger partial charge in [-0.25, -0.2) is 4.39 Å². The summed E-state index contributed by atoms with van der Waals surface area (Å²) < 4.78 is 14.5. The molecule has 0 aliphatic rings. The van der Waals surface area contributed by atoms with Gasteiger partial charge in [0.25, 0.3) is 0 Å². The number of benzene rings is 1. The Balaban J connectivity index is 2.43. The second-order valence-corrected chi connectivity index (χ2v) is 3.73. The molecule has 1 amide bonds.